The van der Waals surface area contributed by atoms with E-state index in [1.807, 2.05) is 20.8 Å². The lowest BCUT2D eigenvalue weighted by atomic mass is 10.1. The van der Waals surface area contributed by atoms with Crippen LogP contribution in [0.5, 0.6) is 0 Å². The molecule has 112 valence electrons. The predicted molar refractivity (Wildman–Crippen MR) is 67.5 cm³/mol. The van der Waals surface area contributed by atoms with Crippen LogP contribution in [0.4, 0.5) is 13.2 Å². The summed E-state index contributed by atoms with van der Waals surface area (Å²) < 4.78 is 36.9. The molecule has 1 amide bonds. The largest absolute Gasteiger partial charge is 0.390 e. The molecule has 6 heteroatoms. The summed E-state index contributed by atoms with van der Waals surface area (Å²) in [6.45, 7) is 5.72. The Morgan fingerprint density at radius 2 is 2.00 bits per heavy atom. The molecule has 1 aliphatic heterocycles. The van der Waals surface area contributed by atoms with Crippen LogP contribution in [0.25, 0.3) is 0 Å². The van der Waals surface area contributed by atoms with Crippen LogP contribution in [0, 0.1) is 5.92 Å². The first-order valence-electron chi connectivity index (χ1n) is 6.88. The van der Waals surface area contributed by atoms with Gasteiger partial charge < -0.3 is 4.90 Å². The van der Waals surface area contributed by atoms with Gasteiger partial charge in [0.2, 0.25) is 5.91 Å². The van der Waals surface area contributed by atoms with Gasteiger partial charge in [-0.3, -0.25) is 10.1 Å². The SMILES string of the molecule is CCCC1NC(CC(C)C)N(CCC(F)(F)F)C1=O. The van der Waals surface area contributed by atoms with Gasteiger partial charge in [0.05, 0.1) is 18.6 Å². The number of carbonyl (C=O) groups is 1. The zero-order chi connectivity index (χ0) is 14.6. The number of hydrogen-bond donors (Lipinski definition) is 1. The minimum atomic E-state index is -4.22. The van der Waals surface area contributed by atoms with E-state index in [1.54, 1.807) is 0 Å². The highest BCUT2D eigenvalue weighted by Crippen LogP contribution is 2.24. The molecule has 2 unspecified atom stereocenters. The van der Waals surface area contributed by atoms with Gasteiger partial charge >= 0.3 is 6.18 Å². The minimum absolute atomic E-state index is 0.184. The molecule has 0 saturated carbocycles. The normalized spacial score (nSPS) is 24.6. The molecule has 1 rings (SSSR count). The minimum Gasteiger partial charge on any atom is -0.325 e. The number of hydrogen-bond acceptors (Lipinski definition) is 2. The van der Waals surface area contributed by atoms with E-state index < -0.39 is 12.6 Å². The summed E-state index contributed by atoms with van der Waals surface area (Å²) in [5, 5.41) is 3.17. The van der Waals surface area contributed by atoms with Gasteiger partial charge in [0.15, 0.2) is 0 Å². The van der Waals surface area contributed by atoms with E-state index in [0.717, 1.165) is 6.42 Å². The van der Waals surface area contributed by atoms with Crippen LogP contribution in [-0.4, -0.2) is 35.7 Å². The lowest BCUT2D eigenvalue weighted by molar-refractivity contribution is -0.145. The quantitative estimate of drug-likeness (QED) is 0.811. The molecule has 0 aromatic heterocycles. The highest BCUT2D eigenvalue weighted by Gasteiger charge is 2.40. The van der Waals surface area contributed by atoms with Crippen molar-refractivity contribution in [1.82, 2.24) is 10.2 Å². The second-order valence-corrected chi connectivity index (χ2v) is 5.55. The Kier molecular flexibility index (Phi) is 5.64. The number of alkyl halides is 3. The fourth-order valence-corrected chi connectivity index (χ4v) is 2.40. The van der Waals surface area contributed by atoms with Crippen molar-refractivity contribution in [3.63, 3.8) is 0 Å². The molecule has 0 radical (unpaired) electrons. The standard InChI is InChI=1S/C13H23F3N2O/c1-4-5-10-12(19)18(7-6-13(14,15)16)11(17-10)8-9(2)3/h9-11,17H,4-8H2,1-3H3. The summed E-state index contributed by atoms with van der Waals surface area (Å²) in [4.78, 5) is 13.5. The van der Waals surface area contributed by atoms with E-state index in [2.05, 4.69) is 5.32 Å². The molecule has 3 nitrogen and oxygen atoms in total. The predicted octanol–water partition coefficient (Wildman–Crippen LogP) is 2.91. The van der Waals surface area contributed by atoms with Gasteiger partial charge in [-0.15, -0.1) is 0 Å². The second-order valence-electron chi connectivity index (χ2n) is 5.55. The van der Waals surface area contributed by atoms with Crippen molar-refractivity contribution in [3.8, 4) is 0 Å². The molecule has 0 spiro atoms. The maximum Gasteiger partial charge on any atom is 0.390 e. The maximum absolute atomic E-state index is 12.3. The average Bonchev–Trinajstić information content (AvgIpc) is 2.52. The van der Waals surface area contributed by atoms with Crippen molar-refractivity contribution in [1.29, 1.82) is 0 Å². The Hall–Kier alpha value is -0.780. The van der Waals surface area contributed by atoms with Crippen LogP contribution >= 0.6 is 0 Å². The Morgan fingerprint density at radius 3 is 2.47 bits per heavy atom. The topological polar surface area (TPSA) is 32.3 Å². The number of amides is 1. The van der Waals surface area contributed by atoms with E-state index in [1.165, 1.54) is 4.90 Å². The monoisotopic (exact) mass is 280 g/mol. The van der Waals surface area contributed by atoms with Crippen LogP contribution < -0.4 is 5.32 Å². The molecule has 2 atom stereocenters. The third-order valence-corrected chi connectivity index (χ3v) is 3.26. The Balaban J connectivity index is 2.68. The third-order valence-electron chi connectivity index (χ3n) is 3.26. The second kappa shape index (κ2) is 6.59. The van der Waals surface area contributed by atoms with Crippen molar-refractivity contribution < 1.29 is 18.0 Å². The summed E-state index contributed by atoms with van der Waals surface area (Å²) in [6, 6.07) is -0.318. The molecule has 1 heterocycles. The Labute approximate surface area is 112 Å². The van der Waals surface area contributed by atoms with Crippen molar-refractivity contribution >= 4 is 5.91 Å². The number of rotatable bonds is 6. The Bertz CT molecular complexity index is 305. The number of halogens is 3. The summed E-state index contributed by atoms with van der Waals surface area (Å²) >= 11 is 0. The number of nitrogens with zero attached hydrogens (tertiary/aromatic N) is 1. The first-order chi connectivity index (χ1) is 8.74. The Morgan fingerprint density at radius 1 is 1.37 bits per heavy atom. The van der Waals surface area contributed by atoms with Crippen LogP contribution in [0.1, 0.15) is 46.5 Å². The van der Waals surface area contributed by atoms with Gasteiger partial charge in [-0.2, -0.15) is 13.2 Å². The van der Waals surface area contributed by atoms with Crippen LogP contribution in [-0.2, 0) is 4.79 Å². The summed E-state index contributed by atoms with van der Waals surface area (Å²) in [5.74, 6) is 0.149. The van der Waals surface area contributed by atoms with Crippen LogP contribution in [0.15, 0.2) is 0 Å². The molecular weight excluding hydrogens is 257 g/mol. The van der Waals surface area contributed by atoms with Gasteiger partial charge in [0, 0.05) is 6.54 Å². The van der Waals surface area contributed by atoms with Gasteiger partial charge in [-0.25, -0.2) is 0 Å². The van der Waals surface area contributed by atoms with Crippen LogP contribution in [0.2, 0.25) is 0 Å². The molecule has 1 N–H and O–H groups in total. The molecule has 0 bridgehead atoms. The number of carbonyl (C=O) groups excluding carboxylic acids is 1. The van der Waals surface area contributed by atoms with E-state index in [-0.39, 0.29) is 24.7 Å². The lowest BCUT2D eigenvalue weighted by Crippen LogP contribution is -2.40. The van der Waals surface area contributed by atoms with Gasteiger partial charge in [0.25, 0.3) is 0 Å². The first kappa shape index (κ1) is 16.3. The van der Waals surface area contributed by atoms with Crippen molar-refractivity contribution in [2.75, 3.05) is 6.54 Å². The fraction of sp³-hybridized carbons (Fsp3) is 0.923. The molecule has 1 saturated heterocycles. The maximum atomic E-state index is 12.3. The van der Waals surface area contributed by atoms with Gasteiger partial charge in [-0.1, -0.05) is 27.2 Å². The molecule has 0 aromatic rings. The van der Waals surface area contributed by atoms with Crippen LogP contribution in [0.3, 0.4) is 0 Å². The lowest BCUT2D eigenvalue weighted by Gasteiger charge is -2.26. The van der Waals surface area contributed by atoms with E-state index in [4.69, 9.17) is 0 Å². The third kappa shape index (κ3) is 5.01. The van der Waals surface area contributed by atoms with Gasteiger partial charge in [0.1, 0.15) is 0 Å². The van der Waals surface area contributed by atoms with Crippen molar-refractivity contribution in [2.24, 2.45) is 5.92 Å². The molecule has 1 fully saturated rings. The molecule has 1 aliphatic rings. The fourth-order valence-electron chi connectivity index (χ4n) is 2.40. The van der Waals surface area contributed by atoms with E-state index in [9.17, 15) is 18.0 Å². The molecular formula is C13H23F3N2O. The van der Waals surface area contributed by atoms with E-state index in [0.29, 0.717) is 18.8 Å². The molecule has 19 heavy (non-hydrogen) atoms. The molecule has 0 aliphatic carbocycles. The first-order valence-corrected chi connectivity index (χ1v) is 6.88. The summed E-state index contributed by atoms with van der Waals surface area (Å²) in [5.41, 5.74) is 0. The summed E-state index contributed by atoms with van der Waals surface area (Å²) in [6.07, 6.45) is -3.21. The smallest absolute Gasteiger partial charge is 0.325 e. The zero-order valence-electron chi connectivity index (χ0n) is 11.8. The van der Waals surface area contributed by atoms with Gasteiger partial charge in [-0.05, 0) is 18.8 Å². The van der Waals surface area contributed by atoms with E-state index >= 15 is 0 Å². The number of nitrogens with one attached hydrogen (secondary N) is 1. The highest BCUT2D eigenvalue weighted by atomic mass is 19.4. The summed E-state index contributed by atoms with van der Waals surface area (Å²) in [7, 11) is 0. The highest BCUT2D eigenvalue weighted by molar-refractivity contribution is 5.84. The molecule has 0 aromatic carbocycles. The zero-order valence-corrected chi connectivity index (χ0v) is 11.8. The average molecular weight is 280 g/mol. The van der Waals surface area contributed by atoms with Crippen molar-refractivity contribution in [2.45, 2.75) is 64.8 Å². The van der Waals surface area contributed by atoms with Crippen molar-refractivity contribution in [3.05, 3.63) is 0 Å².